The molecule has 0 N–H and O–H groups in total. The summed E-state index contributed by atoms with van der Waals surface area (Å²) in [5.74, 6) is 0.604. The molecule has 11 nitrogen and oxygen atoms in total. The molecular formula is C98H68B2N10OSSi2. The molecule has 24 rings (SSSR count). The van der Waals surface area contributed by atoms with Gasteiger partial charge in [-0.3, -0.25) is 8.80 Å². The smallest absolute Gasteiger partial charge is 0.423 e. The highest BCUT2D eigenvalue weighted by atomic mass is 32.1. The maximum Gasteiger partial charge on any atom is 0.519 e. The minimum Gasteiger partial charge on any atom is -0.423 e. The van der Waals surface area contributed by atoms with Crippen molar-refractivity contribution in [1.29, 1.82) is 0 Å². The maximum atomic E-state index is 6.93. The summed E-state index contributed by atoms with van der Waals surface area (Å²) >= 11 is 1.81. The third-order valence-electron chi connectivity index (χ3n) is 23.7. The van der Waals surface area contributed by atoms with Crippen LogP contribution in [0.4, 0.5) is 68.2 Å². The Balaban J connectivity index is 0.000000135. The van der Waals surface area contributed by atoms with Crippen LogP contribution in [0.15, 0.2) is 417 Å². The zero-order chi connectivity index (χ0) is 75.0. The second-order valence-corrected chi connectivity index (χ2v) is 38.1. The number of para-hydroxylation sites is 15. The Morgan fingerprint density at radius 1 is 0.246 bits per heavy atom. The van der Waals surface area contributed by atoms with Crippen molar-refractivity contribution in [1.82, 2.24) is 18.8 Å². The number of benzene rings is 16. The van der Waals surface area contributed by atoms with Crippen LogP contribution in [0.25, 0.3) is 54.2 Å². The number of fused-ring (bicyclic) bond motifs is 20. The molecule has 536 valence electrons. The zero-order valence-electron chi connectivity index (χ0n) is 61.7. The number of aromatic nitrogens is 4. The Labute approximate surface area is 665 Å². The average Bonchev–Trinajstić information content (AvgIpc) is 1.73. The van der Waals surface area contributed by atoms with Gasteiger partial charge < -0.3 is 33.3 Å². The van der Waals surface area contributed by atoms with Gasteiger partial charge >= 0.3 is 20.1 Å². The van der Waals surface area contributed by atoms with E-state index >= 15 is 0 Å². The molecule has 16 heteroatoms. The van der Waals surface area contributed by atoms with Gasteiger partial charge in [-0.05, 0) is 175 Å². The van der Waals surface area contributed by atoms with Crippen molar-refractivity contribution < 1.29 is 4.42 Å². The minimum absolute atomic E-state index is 0.135. The number of rotatable bonds is 12. The fourth-order valence-corrected chi connectivity index (χ4v) is 30.6. The van der Waals surface area contributed by atoms with E-state index in [1.165, 1.54) is 97.2 Å². The van der Waals surface area contributed by atoms with Crippen molar-refractivity contribution in [3.05, 3.63) is 413 Å². The Morgan fingerprint density at radius 2 is 0.553 bits per heavy atom. The van der Waals surface area contributed by atoms with Crippen molar-refractivity contribution in [2.75, 3.05) is 28.9 Å². The number of hydrogen-bond acceptors (Lipinski definition) is 10. The lowest BCUT2D eigenvalue weighted by atomic mass is 9.86. The van der Waals surface area contributed by atoms with Gasteiger partial charge in [0.25, 0.3) is 0 Å². The van der Waals surface area contributed by atoms with Crippen molar-refractivity contribution in [2.45, 2.75) is 0 Å². The number of thiazole rings is 1. The normalized spacial score (nSPS) is 13.5. The van der Waals surface area contributed by atoms with Crippen molar-refractivity contribution in [3.8, 4) is 0 Å². The molecule has 0 unspecified atom stereocenters. The number of nitrogens with zero attached hydrogens (tertiary/aromatic N) is 10. The van der Waals surface area contributed by atoms with Crippen molar-refractivity contribution in [2.24, 2.45) is 0 Å². The second kappa shape index (κ2) is 26.3. The molecule has 0 fully saturated rings. The summed E-state index contributed by atoms with van der Waals surface area (Å²) in [5.41, 5.74) is 21.3. The molecule has 0 spiro atoms. The van der Waals surface area contributed by atoms with Crippen molar-refractivity contribution in [3.63, 3.8) is 0 Å². The SMILES string of the molecule is c1ccc(N2B3N(c4cccc([Si](c5ccccc5)(c5ccccc5)c5cccc6c5oc5nc7ccccc7n56)c4)c4ccccc4N3c3ccccc32)cc1.c1ccc(N2B3N(c4cccc([Si](c5ccccc5)(c5ccccc5)c5cccc6c5sc5nc7ccccc7n56)c4)c4ccccc4N3c3ccccc32)cc1. The molecule has 0 saturated heterocycles. The Kier molecular flexibility index (Phi) is 15.1. The summed E-state index contributed by atoms with van der Waals surface area (Å²) < 4.78 is 12.8. The Morgan fingerprint density at radius 3 is 0.991 bits per heavy atom. The molecule has 0 amide bonds. The van der Waals surface area contributed by atoms with Crippen LogP contribution in [-0.2, 0) is 0 Å². The van der Waals surface area contributed by atoms with E-state index in [1.807, 2.05) is 23.5 Å². The fourth-order valence-electron chi connectivity index (χ4n) is 19.2. The highest BCUT2D eigenvalue weighted by Crippen LogP contribution is 2.58. The van der Waals surface area contributed by atoms with E-state index in [1.54, 1.807) is 0 Å². The summed E-state index contributed by atoms with van der Waals surface area (Å²) in [4.78, 5) is 26.2. The predicted octanol–water partition coefficient (Wildman–Crippen LogP) is 18.5. The first kappa shape index (κ1) is 65.7. The largest absolute Gasteiger partial charge is 0.519 e. The fraction of sp³-hybridized carbons (Fsp3) is 0. The molecule has 0 aliphatic carbocycles. The zero-order valence-corrected chi connectivity index (χ0v) is 64.5. The van der Waals surface area contributed by atoms with Gasteiger partial charge in [-0.2, -0.15) is 4.98 Å². The van der Waals surface area contributed by atoms with Gasteiger partial charge in [-0.25, -0.2) is 4.98 Å². The van der Waals surface area contributed by atoms with Crippen molar-refractivity contribution >= 4 is 206 Å². The summed E-state index contributed by atoms with van der Waals surface area (Å²) in [6, 6.07) is 151. The first-order chi connectivity index (χ1) is 56.6. The molecule has 8 heterocycles. The highest BCUT2D eigenvalue weighted by molar-refractivity contribution is 7.29. The lowest BCUT2D eigenvalue weighted by Crippen LogP contribution is -2.75. The van der Waals surface area contributed by atoms with E-state index in [-0.39, 0.29) is 14.2 Å². The van der Waals surface area contributed by atoms with E-state index in [9.17, 15) is 0 Å². The van der Waals surface area contributed by atoms with Crippen LogP contribution in [0.3, 0.4) is 0 Å². The standard InChI is InChI=1S/C49H34BN5OSi.C49H34BN5SSi/c2*1-4-18-35(19-5-1)53-42-28-12-14-30-44(42)55-45-31-15-13-29-43(45)54(50(53)55)36-20-16-25-39(34-36)57(37-21-6-2-7-22-37,38-23-8-3-9-24-38)47-33-17-32-46-48(47)56-49-51-40-26-10-11-27-41(40)52(46)49/h2*1-34H. The third kappa shape index (κ3) is 9.68. The van der Waals surface area contributed by atoms with Crippen LogP contribution in [0.1, 0.15) is 0 Å². The monoisotopic (exact) mass is 1510 g/mol. The van der Waals surface area contributed by atoms with Gasteiger partial charge in [0, 0.05) is 22.7 Å². The lowest BCUT2D eigenvalue weighted by molar-refractivity contribution is 0.645. The average molecular weight is 1510 g/mol. The van der Waals surface area contributed by atoms with Gasteiger partial charge in [0.1, 0.15) is 0 Å². The van der Waals surface area contributed by atoms with Gasteiger partial charge in [0.2, 0.25) is 0 Å². The number of anilines is 12. The topological polar surface area (TPSA) is 67.2 Å². The molecule has 4 aliphatic heterocycles. The summed E-state index contributed by atoms with van der Waals surface area (Å²) in [5, 5.41) is 10.4. The molecule has 114 heavy (non-hydrogen) atoms. The summed E-state index contributed by atoms with van der Waals surface area (Å²) in [6.07, 6.45) is 0. The number of oxazole rings is 1. The van der Waals surface area contributed by atoms with E-state index in [0.717, 1.165) is 60.9 Å². The molecule has 0 bridgehead atoms. The van der Waals surface area contributed by atoms with Gasteiger partial charge in [0.15, 0.2) is 26.7 Å². The molecule has 0 radical (unpaired) electrons. The molecule has 4 aliphatic rings. The molecule has 4 aromatic heterocycles. The predicted molar refractivity (Wildman–Crippen MR) is 481 cm³/mol. The minimum atomic E-state index is -3.11. The Hall–Kier alpha value is -14.2. The molecule has 0 atom stereocenters. The van der Waals surface area contributed by atoms with Crippen LogP contribution in [0.2, 0.25) is 0 Å². The van der Waals surface area contributed by atoms with E-state index in [2.05, 4.69) is 438 Å². The van der Waals surface area contributed by atoms with Gasteiger partial charge in [0.05, 0.1) is 83.3 Å². The van der Waals surface area contributed by atoms with Gasteiger partial charge in [-0.1, -0.05) is 290 Å². The Bertz CT molecular complexity index is 6580. The maximum absolute atomic E-state index is 6.93. The van der Waals surface area contributed by atoms with E-state index < -0.39 is 16.1 Å². The van der Waals surface area contributed by atoms with E-state index in [0.29, 0.717) is 5.84 Å². The molecule has 20 aromatic rings. The molecular weight excluding hydrogens is 1440 g/mol. The number of imidazole rings is 2. The first-order valence-corrected chi connectivity index (χ1v) is 43.7. The van der Waals surface area contributed by atoms with Gasteiger partial charge in [-0.15, -0.1) is 0 Å². The van der Waals surface area contributed by atoms with Crippen LogP contribution < -0.4 is 70.4 Å². The highest BCUT2D eigenvalue weighted by Gasteiger charge is 2.56. The summed E-state index contributed by atoms with van der Waals surface area (Å²) in [7, 11) is -6.40. The quantitative estimate of drug-likeness (QED) is 0.0879. The van der Waals surface area contributed by atoms with Crippen LogP contribution in [-0.4, -0.2) is 49.2 Å². The lowest BCUT2D eigenvalue weighted by Gasteiger charge is -2.36. The first-order valence-electron chi connectivity index (χ1n) is 38.8. The summed E-state index contributed by atoms with van der Waals surface area (Å²) in [6.45, 7) is 0. The second-order valence-electron chi connectivity index (χ2n) is 29.6. The molecule has 16 aromatic carbocycles. The number of hydrogen-bond donors (Lipinski definition) is 0. The van der Waals surface area contributed by atoms with Crippen LogP contribution in [0.5, 0.6) is 0 Å². The van der Waals surface area contributed by atoms with E-state index in [4.69, 9.17) is 14.4 Å². The molecule has 0 saturated carbocycles. The van der Waals surface area contributed by atoms with Crippen LogP contribution >= 0.6 is 11.3 Å². The van der Waals surface area contributed by atoms with Crippen LogP contribution in [0, 0.1) is 0 Å². The third-order valence-corrected chi connectivity index (χ3v) is 34.6.